The summed E-state index contributed by atoms with van der Waals surface area (Å²) in [7, 11) is 0. The Hall–Kier alpha value is -1.32. The first-order valence-corrected chi connectivity index (χ1v) is 4.15. The number of para-hydroxylation sites is 1. The molecule has 0 amide bonds. The van der Waals surface area contributed by atoms with Crippen LogP contribution in [0.4, 0.5) is 0 Å². The lowest BCUT2D eigenvalue weighted by Crippen LogP contribution is -1.92. The molecule has 0 saturated heterocycles. The van der Waals surface area contributed by atoms with Crippen LogP contribution in [0, 0.1) is 0 Å². The quantitative estimate of drug-likeness (QED) is 0.721. The van der Waals surface area contributed by atoms with Gasteiger partial charge in [-0.15, -0.1) is 0 Å². The fourth-order valence-electron chi connectivity index (χ4n) is 1.57. The van der Waals surface area contributed by atoms with Gasteiger partial charge in [-0.3, -0.25) is 0 Å². The van der Waals surface area contributed by atoms with Crippen molar-refractivity contribution in [3.05, 3.63) is 36.0 Å². The van der Waals surface area contributed by atoms with Gasteiger partial charge in [0.2, 0.25) is 0 Å². The van der Waals surface area contributed by atoms with Crippen molar-refractivity contribution in [1.29, 1.82) is 0 Å². The van der Waals surface area contributed by atoms with Gasteiger partial charge >= 0.3 is 0 Å². The van der Waals surface area contributed by atoms with Crippen molar-refractivity contribution in [2.24, 2.45) is 0 Å². The number of aliphatic hydroxyl groups excluding tert-OH is 2. The first-order valence-electron chi connectivity index (χ1n) is 4.15. The molecule has 1 aromatic carbocycles. The maximum absolute atomic E-state index is 9.05. The number of hydrogen-bond acceptors (Lipinski definition) is 2. The Labute approximate surface area is 75.9 Å². The smallest absolute Gasteiger partial charge is 0.119 e. The molecule has 0 radical (unpaired) electrons. The highest BCUT2D eigenvalue weighted by molar-refractivity contribution is 5.83. The first-order chi connectivity index (χ1) is 6.36. The third kappa shape index (κ3) is 1.22. The van der Waals surface area contributed by atoms with Crippen LogP contribution < -0.4 is 0 Å². The third-order valence-electron chi connectivity index (χ3n) is 2.19. The molecular formula is C10H11NO2. The average molecular weight is 177 g/mol. The highest BCUT2D eigenvalue weighted by Crippen LogP contribution is 2.20. The largest absolute Gasteiger partial charge is 0.392 e. The molecule has 13 heavy (non-hydrogen) atoms. The van der Waals surface area contributed by atoms with Gasteiger partial charge in [0.05, 0.1) is 12.1 Å². The van der Waals surface area contributed by atoms with E-state index in [-0.39, 0.29) is 13.3 Å². The zero-order chi connectivity index (χ0) is 9.26. The SMILES string of the molecule is OCc1cn(CO)c2ccccc12. The van der Waals surface area contributed by atoms with Crippen LogP contribution >= 0.6 is 0 Å². The van der Waals surface area contributed by atoms with Crippen LogP contribution in [0.5, 0.6) is 0 Å². The Morgan fingerprint density at radius 3 is 2.62 bits per heavy atom. The van der Waals surface area contributed by atoms with E-state index in [4.69, 9.17) is 10.2 Å². The van der Waals surface area contributed by atoms with E-state index in [2.05, 4.69) is 0 Å². The summed E-state index contributed by atoms with van der Waals surface area (Å²) in [4.78, 5) is 0. The molecule has 1 aromatic heterocycles. The van der Waals surface area contributed by atoms with E-state index < -0.39 is 0 Å². The van der Waals surface area contributed by atoms with Crippen molar-refractivity contribution in [2.45, 2.75) is 13.3 Å². The lowest BCUT2D eigenvalue weighted by atomic mass is 10.2. The van der Waals surface area contributed by atoms with Crippen molar-refractivity contribution in [3.63, 3.8) is 0 Å². The lowest BCUT2D eigenvalue weighted by molar-refractivity contribution is 0.214. The number of aliphatic hydroxyl groups is 2. The number of benzene rings is 1. The molecule has 1 heterocycles. The molecule has 0 fully saturated rings. The standard InChI is InChI=1S/C10H11NO2/c12-6-8-5-11(7-13)10-4-2-1-3-9(8)10/h1-5,12-13H,6-7H2. The second kappa shape index (κ2) is 3.20. The maximum Gasteiger partial charge on any atom is 0.119 e. The summed E-state index contributed by atoms with van der Waals surface area (Å²) in [6.07, 6.45) is 1.77. The van der Waals surface area contributed by atoms with E-state index in [1.807, 2.05) is 24.3 Å². The van der Waals surface area contributed by atoms with E-state index >= 15 is 0 Å². The average Bonchev–Trinajstić information content (AvgIpc) is 2.56. The molecule has 2 aromatic rings. The summed E-state index contributed by atoms with van der Waals surface area (Å²) < 4.78 is 1.71. The fraction of sp³-hybridized carbons (Fsp3) is 0.200. The minimum Gasteiger partial charge on any atom is -0.392 e. The van der Waals surface area contributed by atoms with Gasteiger partial charge < -0.3 is 14.8 Å². The molecule has 3 heteroatoms. The molecule has 2 N–H and O–H groups in total. The number of aromatic nitrogens is 1. The summed E-state index contributed by atoms with van der Waals surface area (Å²) >= 11 is 0. The minimum atomic E-state index is -0.0550. The first kappa shape index (κ1) is 8.29. The van der Waals surface area contributed by atoms with E-state index in [0.29, 0.717) is 0 Å². The van der Waals surface area contributed by atoms with Gasteiger partial charge in [-0.25, -0.2) is 0 Å². The molecular weight excluding hydrogens is 166 g/mol. The predicted octanol–water partition coefficient (Wildman–Crippen LogP) is 1.08. The van der Waals surface area contributed by atoms with Gasteiger partial charge in [-0.2, -0.15) is 0 Å². The summed E-state index contributed by atoms with van der Waals surface area (Å²) in [5, 5.41) is 19.1. The van der Waals surface area contributed by atoms with Crippen LogP contribution in [0.15, 0.2) is 30.5 Å². The molecule has 0 aliphatic carbocycles. The Morgan fingerprint density at radius 2 is 1.92 bits per heavy atom. The van der Waals surface area contributed by atoms with Gasteiger partial charge in [0.25, 0.3) is 0 Å². The molecule has 0 aliphatic heterocycles. The Morgan fingerprint density at radius 1 is 1.15 bits per heavy atom. The third-order valence-corrected chi connectivity index (χ3v) is 2.19. The highest BCUT2D eigenvalue weighted by atomic mass is 16.3. The minimum absolute atomic E-state index is 0.00745. The Kier molecular flexibility index (Phi) is 2.04. The number of rotatable bonds is 2. The lowest BCUT2D eigenvalue weighted by Gasteiger charge is -1.97. The Bertz CT molecular complexity index is 382. The van der Waals surface area contributed by atoms with Crippen LogP contribution in [0.1, 0.15) is 5.56 Å². The summed E-state index contributed by atoms with van der Waals surface area (Å²) in [5.41, 5.74) is 1.80. The van der Waals surface area contributed by atoms with Gasteiger partial charge in [-0.1, -0.05) is 18.2 Å². The molecule has 0 bridgehead atoms. The number of nitrogens with zero attached hydrogens (tertiary/aromatic N) is 1. The van der Waals surface area contributed by atoms with Gasteiger partial charge in [0, 0.05) is 17.1 Å². The van der Waals surface area contributed by atoms with Crippen molar-refractivity contribution in [2.75, 3.05) is 0 Å². The van der Waals surface area contributed by atoms with Crippen LogP contribution in [0.25, 0.3) is 10.9 Å². The fourth-order valence-corrected chi connectivity index (χ4v) is 1.57. The number of hydrogen-bond donors (Lipinski definition) is 2. The molecule has 3 nitrogen and oxygen atoms in total. The zero-order valence-electron chi connectivity index (χ0n) is 7.14. The molecule has 0 saturated carbocycles. The van der Waals surface area contributed by atoms with Crippen LogP contribution in [0.2, 0.25) is 0 Å². The summed E-state index contributed by atoms with van der Waals surface area (Å²) in [6, 6.07) is 7.69. The van der Waals surface area contributed by atoms with E-state index in [1.54, 1.807) is 10.8 Å². The van der Waals surface area contributed by atoms with Crippen molar-refractivity contribution in [3.8, 4) is 0 Å². The van der Waals surface area contributed by atoms with Crippen molar-refractivity contribution >= 4 is 10.9 Å². The van der Waals surface area contributed by atoms with E-state index in [1.165, 1.54) is 0 Å². The predicted molar refractivity (Wildman–Crippen MR) is 50.1 cm³/mol. The van der Waals surface area contributed by atoms with E-state index in [9.17, 15) is 0 Å². The summed E-state index contributed by atoms with van der Waals surface area (Å²) in [6.45, 7) is -0.0476. The molecule has 0 atom stereocenters. The van der Waals surface area contributed by atoms with Crippen LogP contribution in [-0.4, -0.2) is 14.8 Å². The Balaban J connectivity index is 2.74. The maximum atomic E-state index is 9.05. The molecule has 0 spiro atoms. The monoisotopic (exact) mass is 177 g/mol. The zero-order valence-corrected chi connectivity index (χ0v) is 7.14. The molecule has 0 unspecified atom stereocenters. The summed E-state index contributed by atoms with van der Waals surface area (Å²) in [5.74, 6) is 0. The second-order valence-corrected chi connectivity index (χ2v) is 2.94. The molecule has 2 rings (SSSR count). The van der Waals surface area contributed by atoms with Crippen molar-refractivity contribution < 1.29 is 10.2 Å². The van der Waals surface area contributed by atoms with Crippen molar-refractivity contribution in [1.82, 2.24) is 4.57 Å². The van der Waals surface area contributed by atoms with Crippen LogP contribution in [-0.2, 0) is 13.3 Å². The van der Waals surface area contributed by atoms with Gasteiger partial charge in [0.15, 0.2) is 0 Å². The van der Waals surface area contributed by atoms with Gasteiger partial charge in [-0.05, 0) is 6.07 Å². The van der Waals surface area contributed by atoms with Crippen LogP contribution in [0.3, 0.4) is 0 Å². The highest BCUT2D eigenvalue weighted by Gasteiger charge is 2.05. The van der Waals surface area contributed by atoms with Gasteiger partial charge in [0.1, 0.15) is 6.73 Å². The van der Waals surface area contributed by atoms with E-state index in [0.717, 1.165) is 16.5 Å². The molecule has 0 aliphatic rings. The normalized spacial score (nSPS) is 10.9. The second-order valence-electron chi connectivity index (χ2n) is 2.94. The molecule has 68 valence electrons. The number of fused-ring (bicyclic) bond motifs is 1. The topological polar surface area (TPSA) is 45.4 Å².